The second kappa shape index (κ2) is 5.22. The summed E-state index contributed by atoms with van der Waals surface area (Å²) in [5.41, 5.74) is 0. The highest BCUT2D eigenvalue weighted by Crippen LogP contribution is 2.40. The molecule has 1 aromatic rings. The first-order valence-electron chi connectivity index (χ1n) is 6.54. The number of nitrogens with zero attached hydrogens (tertiary/aromatic N) is 3. The molecule has 2 fully saturated rings. The van der Waals surface area contributed by atoms with Crippen molar-refractivity contribution in [3.8, 4) is 0 Å². The van der Waals surface area contributed by atoms with Gasteiger partial charge in [0.1, 0.15) is 5.82 Å². The first-order chi connectivity index (χ1) is 8.38. The van der Waals surface area contributed by atoms with Gasteiger partial charge in [-0.05, 0) is 25.7 Å². The van der Waals surface area contributed by atoms with Crippen molar-refractivity contribution in [1.29, 1.82) is 0 Å². The third-order valence-corrected chi connectivity index (χ3v) is 5.19. The Balaban J connectivity index is 1.78. The molecule has 5 heteroatoms. The highest BCUT2D eigenvalue weighted by molar-refractivity contribution is 9.09. The van der Waals surface area contributed by atoms with Gasteiger partial charge in [0.15, 0.2) is 0 Å². The average molecular weight is 316 g/mol. The van der Waals surface area contributed by atoms with Crippen LogP contribution in [-0.2, 0) is 0 Å². The lowest BCUT2D eigenvalue weighted by Crippen LogP contribution is -2.36. The molecule has 0 radical (unpaired) electrons. The van der Waals surface area contributed by atoms with Crippen LogP contribution in [0.3, 0.4) is 0 Å². The van der Waals surface area contributed by atoms with E-state index in [2.05, 4.69) is 25.2 Å². The number of hydrogen-bond donors (Lipinski definition) is 0. The Labute approximate surface area is 115 Å². The molecule has 0 N–H and O–H groups in total. The Bertz CT molecular complexity index is 378. The second-order valence-electron chi connectivity index (χ2n) is 5.06. The van der Waals surface area contributed by atoms with E-state index in [1.165, 1.54) is 38.5 Å². The van der Waals surface area contributed by atoms with Crippen LogP contribution in [0.15, 0.2) is 0 Å². The molecule has 1 saturated heterocycles. The van der Waals surface area contributed by atoms with Gasteiger partial charge in [-0.3, -0.25) is 0 Å². The van der Waals surface area contributed by atoms with Crippen LogP contribution in [0.4, 0.5) is 5.13 Å². The van der Waals surface area contributed by atoms with Gasteiger partial charge < -0.3 is 4.90 Å². The molecule has 0 aromatic carbocycles. The molecule has 2 heterocycles. The molecule has 3 rings (SSSR count). The van der Waals surface area contributed by atoms with Crippen molar-refractivity contribution in [1.82, 2.24) is 9.36 Å². The molecule has 94 valence electrons. The molecule has 1 aliphatic carbocycles. The van der Waals surface area contributed by atoms with E-state index in [4.69, 9.17) is 4.98 Å². The highest BCUT2D eigenvalue weighted by Gasteiger charge is 2.30. The molecule has 2 aliphatic rings. The summed E-state index contributed by atoms with van der Waals surface area (Å²) in [5, 5.41) is 2.20. The van der Waals surface area contributed by atoms with E-state index < -0.39 is 0 Å². The van der Waals surface area contributed by atoms with Gasteiger partial charge in [0, 0.05) is 35.4 Å². The fraction of sp³-hybridized carbons (Fsp3) is 0.833. The van der Waals surface area contributed by atoms with Crippen molar-refractivity contribution >= 4 is 32.6 Å². The summed E-state index contributed by atoms with van der Waals surface area (Å²) >= 11 is 5.24. The predicted molar refractivity (Wildman–Crippen MR) is 75.3 cm³/mol. The van der Waals surface area contributed by atoms with Gasteiger partial charge in [0.25, 0.3) is 0 Å². The molecule has 1 atom stereocenters. The van der Waals surface area contributed by atoms with Crippen molar-refractivity contribution < 1.29 is 0 Å². The van der Waals surface area contributed by atoms with Gasteiger partial charge >= 0.3 is 0 Å². The Kier molecular flexibility index (Phi) is 3.66. The molecule has 1 saturated carbocycles. The van der Waals surface area contributed by atoms with Crippen LogP contribution in [0.2, 0.25) is 0 Å². The number of halogens is 1. The molecular formula is C12H18BrN3S. The van der Waals surface area contributed by atoms with Crippen molar-refractivity contribution in [2.24, 2.45) is 0 Å². The third-order valence-electron chi connectivity index (χ3n) is 3.67. The summed E-state index contributed by atoms with van der Waals surface area (Å²) in [6, 6.07) is 0.609. The van der Waals surface area contributed by atoms with Gasteiger partial charge in [0.05, 0.1) is 0 Å². The van der Waals surface area contributed by atoms with Crippen LogP contribution in [0.1, 0.15) is 50.3 Å². The smallest absolute Gasteiger partial charge is 0.205 e. The lowest BCUT2D eigenvalue weighted by molar-refractivity contribution is 0.624. The molecular weight excluding hydrogens is 298 g/mol. The molecule has 1 aliphatic heterocycles. The van der Waals surface area contributed by atoms with E-state index in [0.29, 0.717) is 12.0 Å². The van der Waals surface area contributed by atoms with Crippen molar-refractivity contribution in [3.63, 3.8) is 0 Å². The zero-order valence-electron chi connectivity index (χ0n) is 9.94. The van der Waals surface area contributed by atoms with Crippen molar-refractivity contribution in [2.45, 2.75) is 50.5 Å². The fourth-order valence-corrected chi connectivity index (χ4v) is 3.96. The Hall–Kier alpha value is -0.160. The van der Waals surface area contributed by atoms with Crippen LogP contribution < -0.4 is 4.90 Å². The number of alkyl halides is 1. The summed E-state index contributed by atoms with van der Waals surface area (Å²) in [5.74, 6) is 1.77. The summed E-state index contributed by atoms with van der Waals surface area (Å²) in [6.45, 7) is 1.15. The van der Waals surface area contributed by atoms with Crippen LogP contribution in [-0.4, -0.2) is 27.3 Å². The largest absolute Gasteiger partial charge is 0.343 e. The number of rotatable bonds is 3. The number of aromatic nitrogens is 2. The normalized spacial score (nSPS) is 25.9. The minimum atomic E-state index is 0.609. The molecule has 1 aromatic heterocycles. The summed E-state index contributed by atoms with van der Waals surface area (Å²) in [6.07, 6.45) is 7.86. The van der Waals surface area contributed by atoms with Crippen LogP contribution in [0.25, 0.3) is 0 Å². The molecule has 0 spiro atoms. The van der Waals surface area contributed by atoms with Crippen molar-refractivity contribution in [2.75, 3.05) is 16.8 Å². The fourth-order valence-electron chi connectivity index (χ4n) is 2.44. The zero-order valence-corrected chi connectivity index (χ0v) is 12.3. The van der Waals surface area contributed by atoms with Crippen LogP contribution in [0.5, 0.6) is 0 Å². The predicted octanol–water partition coefficient (Wildman–Crippen LogP) is 3.56. The van der Waals surface area contributed by atoms with E-state index in [-0.39, 0.29) is 0 Å². The van der Waals surface area contributed by atoms with Gasteiger partial charge in [-0.2, -0.15) is 4.37 Å². The summed E-state index contributed by atoms with van der Waals surface area (Å²) in [7, 11) is 0. The molecule has 0 bridgehead atoms. The van der Waals surface area contributed by atoms with E-state index in [1.54, 1.807) is 11.5 Å². The SMILES string of the molecule is BrCC1CCCCCN1c1nc(C2CC2)ns1. The monoisotopic (exact) mass is 315 g/mol. The topological polar surface area (TPSA) is 29.0 Å². The van der Waals surface area contributed by atoms with Crippen LogP contribution in [0, 0.1) is 0 Å². The van der Waals surface area contributed by atoms with Gasteiger partial charge in [0.2, 0.25) is 5.13 Å². The zero-order chi connectivity index (χ0) is 11.7. The van der Waals surface area contributed by atoms with E-state index in [1.807, 2.05) is 0 Å². The number of anilines is 1. The van der Waals surface area contributed by atoms with Crippen LogP contribution >= 0.6 is 27.5 Å². The molecule has 3 nitrogen and oxygen atoms in total. The Morgan fingerprint density at radius 3 is 2.88 bits per heavy atom. The summed E-state index contributed by atoms with van der Waals surface area (Å²) in [4.78, 5) is 7.23. The summed E-state index contributed by atoms with van der Waals surface area (Å²) < 4.78 is 4.53. The quantitative estimate of drug-likeness (QED) is 0.799. The lowest BCUT2D eigenvalue weighted by atomic mass is 10.1. The van der Waals surface area contributed by atoms with E-state index >= 15 is 0 Å². The number of hydrogen-bond acceptors (Lipinski definition) is 4. The maximum Gasteiger partial charge on any atom is 0.205 e. The maximum absolute atomic E-state index is 4.75. The van der Waals surface area contributed by atoms with Crippen molar-refractivity contribution in [3.05, 3.63) is 5.82 Å². The van der Waals surface area contributed by atoms with Gasteiger partial charge in [-0.1, -0.05) is 28.8 Å². The minimum absolute atomic E-state index is 0.609. The molecule has 1 unspecified atom stereocenters. The first kappa shape index (κ1) is 11.9. The highest BCUT2D eigenvalue weighted by atomic mass is 79.9. The van der Waals surface area contributed by atoms with E-state index in [0.717, 1.165) is 22.8 Å². The third kappa shape index (κ3) is 2.65. The van der Waals surface area contributed by atoms with E-state index in [9.17, 15) is 0 Å². The maximum atomic E-state index is 4.75. The second-order valence-corrected chi connectivity index (χ2v) is 6.44. The Morgan fingerprint density at radius 2 is 2.12 bits per heavy atom. The standard InChI is InChI=1S/C12H18BrN3S/c13-8-10-4-2-1-3-7-16(10)12-14-11(15-17-12)9-5-6-9/h9-10H,1-8H2. The van der Waals surface area contributed by atoms with Gasteiger partial charge in [-0.15, -0.1) is 0 Å². The minimum Gasteiger partial charge on any atom is -0.343 e. The lowest BCUT2D eigenvalue weighted by Gasteiger charge is -2.27. The molecule has 17 heavy (non-hydrogen) atoms. The first-order valence-corrected chi connectivity index (χ1v) is 8.44. The average Bonchev–Trinajstić information content (AvgIpc) is 3.13. The van der Waals surface area contributed by atoms with Gasteiger partial charge in [-0.25, -0.2) is 4.98 Å². The molecule has 0 amide bonds. The Morgan fingerprint density at radius 1 is 1.24 bits per heavy atom.